The van der Waals surface area contributed by atoms with Crippen molar-refractivity contribution in [2.75, 3.05) is 6.26 Å². The topological polar surface area (TPSA) is 0 Å². The lowest BCUT2D eigenvalue weighted by Crippen LogP contribution is -2.60. The van der Waals surface area contributed by atoms with Crippen LogP contribution in [0.5, 0.6) is 0 Å². The molecule has 0 heterocycles. The predicted molar refractivity (Wildman–Crippen MR) is 68.3 cm³/mol. The van der Waals surface area contributed by atoms with Crippen molar-refractivity contribution in [2.45, 2.75) is 64.0 Å². The minimum Gasteiger partial charge on any atom is -0.159 e. The van der Waals surface area contributed by atoms with E-state index < -0.39 is 0 Å². The molecule has 0 spiro atoms. The molecule has 4 bridgehead atoms. The van der Waals surface area contributed by atoms with Gasteiger partial charge in [0.2, 0.25) is 0 Å². The Morgan fingerprint density at radius 2 is 1.00 bits per heavy atom. The molecule has 1 heteroatoms. The lowest BCUT2D eigenvalue weighted by atomic mass is 9.40. The lowest BCUT2D eigenvalue weighted by Gasteiger charge is -2.68. The Morgan fingerprint density at radius 1 is 0.667 bits per heavy atom. The highest BCUT2D eigenvalue weighted by atomic mass is 32.2. The van der Waals surface area contributed by atoms with Gasteiger partial charge in [0.1, 0.15) is 0 Å². The molecule has 4 fully saturated rings. The molecule has 4 rings (SSSR count). The summed E-state index contributed by atoms with van der Waals surface area (Å²) in [6, 6.07) is 0. The van der Waals surface area contributed by atoms with Gasteiger partial charge in [-0.2, -0.15) is 11.8 Å². The Labute approximate surface area is 98.6 Å². The van der Waals surface area contributed by atoms with Crippen LogP contribution in [0, 0.1) is 16.2 Å². The third kappa shape index (κ3) is 1.41. The van der Waals surface area contributed by atoms with Crippen LogP contribution >= 0.6 is 11.8 Å². The molecule has 0 N–H and O–H groups in total. The van der Waals surface area contributed by atoms with Crippen LogP contribution in [0.3, 0.4) is 0 Å². The van der Waals surface area contributed by atoms with E-state index in [4.69, 9.17) is 0 Å². The molecule has 4 aliphatic carbocycles. The Balaban J connectivity index is 2.06. The number of rotatable bonds is 1. The molecule has 0 atom stereocenters. The zero-order valence-electron chi connectivity index (χ0n) is 10.7. The third-order valence-electron chi connectivity index (χ3n) is 5.24. The van der Waals surface area contributed by atoms with Gasteiger partial charge in [-0.1, -0.05) is 20.8 Å². The Bertz CT molecular complexity index is 253. The fourth-order valence-electron chi connectivity index (χ4n) is 6.39. The Morgan fingerprint density at radius 3 is 1.27 bits per heavy atom. The molecule has 0 aromatic heterocycles. The van der Waals surface area contributed by atoms with Crippen molar-refractivity contribution in [3.63, 3.8) is 0 Å². The SMILES string of the molecule is CSC12CC3(C)CC(C)(CC(C)(C3)C1)C2. The van der Waals surface area contributed by atoms with Crippen molar-refractivity contribution < 1.29 is 0 Å². The minimum absolute atomic E-state index is 0.646. The molecule has 0 aromatic carbocycles. The van der Waals surface area contributed by atoms with Gasteiger partial charge in [-0.3, -0.25) is 0 Å². The number of thioether (sulfide) groups is 1. The molecule has 0 radical (unpaired) electrons. The van der Waals surface area contributed by atoms with Crippen molar-refractivity contribution >= 4 is 11.8 Å². The predicted octanol–water partition coefficient (Wildman–Crippen LogP) is 4.49. The molecule has 4 saturated carbocycles. The van der Waals surface area contributed by atoms with Crippen molar-refractivity contribution in [3.8, 4) is 0 Å². The highest BCUT2D eigenvalue weighted by molar-refractivity contribution is 8.00. The van der Waals surface area contributed by atoms with Crippen LogP contribution in [-0.4, -0.2) is 11.0 Å². The summed E-state index contributed by atoms with van der Waals surface area (Å²) in [4.78, 5) is 0. The first-order chi connectivity index (χ1) is 6.80. The summed E-state index contributed by atoms with van der Waals surface area (Å²) in [6.07, 6.45) is 11.3. The maximum Gasteiger partial charge on any atom is 0.0172 e. The molecule has 0 saturated heterocycles. The fraction of sp³-hybridized carbons (Fsp3) is 1.00. The maximum absolute atomic E-state index is 2.56. The minimum atomic E-state index is 0.646. The summed E-state index contributed by atoms with van der Waals surface area (Å²) in [7, 11) is 0. The second kappa shape index (κ2) is 2.60. The van der Waals surface area contributed by atoms with Crippen LogP contribution < -0.4 is 0 Å². The normalized spacial score (nSPS) is 62.4. The van der Waals surface area contributed by atoms with E-state index in [9.17, 15) is 0 Å². The summed E-state index contributed by atoms with van der Waals surface area (Å²) in [5.41, 5.74) is 2.00. The van der Waals surface area contributed by atoms with Crippen molar-refractivity contribution in [2.24, 2.45) is 16.2 Å². The summed E-state index contributed by atoms with van der Waals surface area (Å²) >= 11 is 2.18. The van der Waals surface area contributed by atoms with Gasteiger partial charge in [-0.05, 0) is 61.0 Å². The van der Waals surface area contributed by atoms with E-state index >= 15 is 0 Å². The molecular formula is C14H24S. The largest absolute Gasteiger partial charge is 0.159 e. The standard InChI is InChI=1S/C14H24S/c1-11-5-12(2)7-13(3,6-11)10-14(8-11,9-12)15-4/h5-10H2,1-4H3. The molecule has 0 aliphatic heterocycles. The number of hydrogen-bond donors (Lipinski definition) is 0. The van der Waals surface area contributed by atoms with Gasteiger partial charge < -0.3 is 0 Å². The molecule has 0 amide bonds. The Hall–Kier alpha value is 0.350. The molecule has 0 nitrogen and oxygen atoms in total. The lowest BCUT2D eigenvalue weighted by molar-refractivity contribution is -0.123. The first kappa shape index (κ1) is 10.5. The monoisotopic (exact) mass is 224 g/mol. The highest BCUT2D eigenvalue weighted by Gasteiger charge is 2.63. The first-order valence-corrected chi connectivity index (χ1v) is 7.58. The van der Waals surface area contributed by atoms with Crippen molar-refractivity contribution in [1.82, 2.24) is 0 Å². The van der Waals surface area contributed by atoms with Gasteiger partial charge in [-0.15, -0.1) is 0 Å². The van der Waals surface area contributed by atoms with Crippen molar-refractivity contribution in [1.29, 1.82) is 0 Å². The zero-order chi connectivity index (χ0) is 10.9. The molecule has 15 heavy (non-hydrogen) atoms. The third-order valence-corrected chi connectivity index (χ3v) is 6.54. The van der Waals surface area contributed by atoms with Crippen molar-refractivity contribution in [3.05, 3.63) is 0 Å². The Kier molecular flexibility index (Phi) is 1.82. The molecular weight excluding hydrogens is 200 g/mol. The van der Waals surface area contributed by atoms with Gasteiger partial charge in [-0.25, -0.2) is 0 Å². The second-order valence-electron chi connectivity index (χ2n) is 7.88. The van der Waals surface area contributed by atoms with E-state index in [1.165, 1.54) is 38.5 Å². The average Bonchev–Trinajstić information content (AvgIpc) is 1.94. The molecule has 86 valence electrons. The summed E-state index contributed by atoms with van der Waals surface area (Å²) in [5, 5.41) is 0. The van der Waals surface area contributed by atoms with E-state index in [0.717, 1.165) is 0 Å². The van der Waals surface area contributed by atoms with Gasteiger partial charge in [0, 0.05) is 4.75 Å². The molecule has 0 unspecified atom stereocenters. The fourth-order valence-corrected chi connectivity index (χ4v) is 7.87. The zero-order valence-corrected chi connectivity index (χ0v) is 11.5. The van der Waals surface area contributed by atoms with E-state index in [-0.39, 0.29) is 0 Å². The summed E-state index contributed by atoms with van der Waals surface area (Å²) < 4.78 is 0.646. The van der Waals surface area contributed by atoms with Crippen LogP contribution in [0.2, 0.25) is 0 Å². The first-order valence-electron chi connectivity index (χ1n) is 6.36. The van der Waals surface area contributed by atoms with Crippen LogP contribution in [0.15, 0.2) is 0 Å². The van der Waals surface area contributed by atoms with Crippen LogP contribution in [0.1, 0.15) is 59.3 Å². The second-order valence-corrected chi connectivity index (χ2v) is 9.15. The smallest absolute Gasteiger partial charge is 0.0172 e. The van der Waals surface area contributed by atoms with Gasteiger partial charge >= 0.3 is 0 Å². The van der Waals surface area contributed by atoms with E-state index in [2.05, 4.69) is 38.8 Å². The van der Waals surface area contributed by atoms with Crippen LogP contribution in [0.4, 0.5) is 0 Å². The molecule has 0 aromatic rings. The average molecular weight is 224 g/mol. The van der Waals surface area contributed by atoms with E-state index in [0.29, 0.717) is 21.0 Å². The quantitative estimate of drug-likeness (QED) is 0.632. The van der Waals surface area contributed by atoms with Gasteiger partial charge in [0.25, 0.3) is 0 Å². The van der Waals surface area contributed by atoms with Gasteiger partial charge in [0.05, 0.1) is 0 Å². The number of hydrogen-bond acceptors (Lipinski definition) is 1. The van der Waals surface area contributed by atoms with Gasteiger partial charge in [0.15, 0.2) is 0 Å². The highest BCUT2D eigenvalue weighted by Crippen LogP contribution is 2.73. The summed E-state index contributed by atoms with van der Waals surface area (Å²) in [5.74, 6) is 0. The van der Waals surface area contributed by atoms with E-state index in [1.54, 1.807) is 0 Å². The molecule has 4 aliphatic rings. The van der Waals surface area contributed by atoms with E-state index in [1.807, 2.05) is 0 Å². The van der Waals surface area contributed by atoms with Crippen LogP contribution in [0.25, 0.3) is 0 Å². The maximum atomic E-state index is 2.56. The van der Waals surface area contributed by atoms with Crippen LogP contribution in [-0.2, 0) is 0 Å². The summed E-state index contributed by atoms with van der Waals surface area (Å²) in [6.45, 7) is 7.68.